The molecule has 0 saturated heterocycles. The molecule has 0 bridgehead atoms. The number of alkyl halides is 9. The van der Waals surface area contributed by atoms with E-state index < -0.39 is 47.4 Å². The predicted octanol–water partition coefficient (Wildman–Crippen LogP) is 5.89. The van der Waals surface area contributed by atoms with Crippen molar-refractivity contribution in [2.24, 2.45) is 0 Å². The second-order valence-corrected chi connectivity index (χ2v) is 8.24. The lowest BCUT2D eigenvalue weighted by molar-refractivity contribution is -0.261. The highest BCUT2D eigenvalue weighted by atomic mass is 35.5. The molecule has 0 saturated carbocycles. The van der Waals surface area contributed by atoms with Crippen LogP contribution in [-0.2, 0) is 34.0 Å². The summed E-state index contributed by atoms with van der Waals surface area (Å²) in [6.07, 6.45) is -16.4. The van der Waals surface area contributed by atoms with Crippen LogP contribution in [0, 0.1) is 0 Å². The topological polar surface area (TPSA) is 70.6 Å². The standard InChI is InChI=1S/C22H20ClF9N2O3/c1-37-5-4-18(35)33-10-12-2-3-16(9-17(12)23)34-11-19(36,22(30,31)32)13-6-14(20(24,25)26)8-15(7-13)21(27,28)29/h2-3,6-9,34,36H,4-5,10-11H2,1H3,(H,33,35)/t19-/m1/s1. The van der Waals surface area contributed by atoms with Crippen molar-refractivity contribution in [2.45, 2.75) is 37.1 Å². The highest BCUT2D eigenvalue weighted by molar-refractivity contribution is 6.31. The summed E-state index contributed by atoms with van der Waals surface area (Å²) in [7, 11) is 1.40. The summed E-state index contributed by atoms with van der Waals surface area (Å²) < 4.78 is 125. The number of amides is 1. The highest BCUT2D eigenvalue weighted by Crippen LogP contribution is 2.44. The molecule has 1 amide bonds. The highest BCUT2D eigenvalue weighted by Gasteiger charge is 2.56. The van der Waals surface area contributed by atoms with Crippen molar-refractivity contribution < 1.29 is 54.2 Å². The van der Waals surface area contributed by atoms with Crippen LogP contribution in [0.4, 0.5) is 45.2 Å². The Morgan fingerprint density at radius 1 is 0.919 bits per heavy atom. The van der Waals surface area contributed by atoms with Crippen molar-refractivity contribution in [3.8, 4) is 0 Å². The number of carbonyl (C=O) groups excluding carboxylic acids is 1. The molecule has 15 heteroatoms. The summed E-state index contributed by atoms with van der Waals surface area (Å²) in [4.78, 5) is 11.6. The van der Waals surface area contributed by atoms with Gasteiger partial charge in [0.05, 0.1) is 24.3 Å². The molecule has 1 atom stereocenters. The number of aliphatic hydroxyl groups is 1. The maximum Gasteiger partial charge on any atom is 0.423 e. The van der Waals surface area contributed by atoms with Gasteiger partial charge in [0.25, 0.3) is 0 Å². The van der Waals surface area contributed by atoms with E-state index in [0.29, 0.717) is 5.56 Å². The van der Waals surface area contributed by atoms with Crippen LogP contribution in [-0.4, -0.2) is 37.5 Å². The first kappa shape index (κ1) is 30.5. The van der Waals surface area contributed by atoms with Gasteiger partial charge in [0.15, 0.2) is 0 Å². The molecule has 0 aromatic heterocycles. The van der Waals surface area contributed by atoms with E-state index in [1.54, 1.807) is 0 Å². The van der Waals surface area contributed by atoms with Gasteiger partial charge < -0.3 is 20.5 Å². The number of halogens is 10. The van der Waals surface area contributed by atoms with Crippen LogP contribution in [0.5, 0.6) is 0 Å². The van der Waals surface area contributed by atoms with Gasteiger partial charge in [-0.1, -0.05) is 17.7 Å². The Morgan fingerprint density at radius 3 is 1.92 bits per heavy atom. The Balaban J connectivity index is 2.34. The van der Waals surface area contributed by atoms with Crippen LogP contribution in [0.1, 0.15) is 28.7 Å². The number of rotatable bonds is 9. The average Bonchev–Trinajstić information content (AvgIpc) is 2.78. The molecule has 0 aliphatic heterocycles. The molecular weight excluding hydrogens is 547 g/mol. The van der Waals surface area contributed by atoms with Crippen LogP contribution in [0.25, 0.3) is 0 Å². The van der Waals surface area contributed by atoms with Crippen molar-refractivity contribution in [2.75, 3.05) is 25.6 Å². The van der Waals surface area contributed by atoms with Crippen molar-refractivity contribution in [3.05, 3.63) is 63.7 Å². The summed E-state index contributed by atoms with van der Waals surface area (Å²) in [6, 6.07) is 2.91. The van der Waals surface area contributed by atoms with E-state index >= 15 is 0 Å². The first-order valence-electron chi connectivity index (χ1n) is 10.3. The number of benzene rings is 2. The van der Waals surface area contributed by atoms with Crippen LogP contribution in [0.2, 0.25) is 5.02 Å². The van der Waals surface area contributed by atoms with Crippen LogP contribution < -0.4 is 10.6 Å². The second-order valence-electron chi connectivity index (χ2n) is 7.83. The Bertz CT molecular complexity index is 1070. The third-order valence-electron chi connectivity index (χ3n) is 5.14. The van der Waals surface area contributed by atoms with Gasteiger partial charge >= 0.3 is 18.5 Å². The first-order valence-corrected chi connectivity index (χ1v) is 10.6. The Hall–Kier alpha value is -2.71. The van der Waals surface area contributed by atoms with Gasteiger partial charge in [-0.25, -0.2) is 0 Å². The van der Waals surface area contributed by atoms with Crippen LogP contribution >= 0.6 is 11.6 Å². The minimum Gasteiger partial charge on any atom is -0.384 e. The molecule has 0 unspecified atom stereocenters. The minimum absolute atomic E-state index is 0.0222. The SMILES string of the molecule is COCCC(=O)NCc1ccc(NC[C@@](O)(c2cc(C(F)(F)F)cc(C(F)(F)F)c2)C(F)(F)F)cc1Cl. The molecule has 0 aliphatic rings. The van der Waals surface area contributed by atoms with E-state index in [1.165, 1.54) is 19.2 Å². The number of nitrogens with one attached hydrogen (secondary N) is 2. The summed E-state index contributed by atoms with van der Waals surface area (Å²) in [5, 5.41) is 15.0. The maximum atomic E-state index is 13.8. The van der Waals surface area contributed by atoms with Crippen molar-refractivity contribution in [1.82, 2.24) is 5.32 Å². The van der Waals surface area contributed by atoms with E-state index in [9.17, 15) is 49.4 Å². The van der Waals surface area contributed by atoms with Gasteiger partial charge in [-0.05, 0) is 41.5 Å². The molecule has 37 heavy (non-hydrogen) atoms. The van der Waals surface area contributed by atoms with E-state index in [2.05, 4.69) is 10.6 Å². The zero-order valence-corrected chi connectivity index (χ0v) is 19.6. The zero-order chi connectivity index (χ0) is 28.2. The number of hydrogen-bond donors (Lipinski definition) is 3. The molecule has 2 aromatic rings. The molecule has 0 fully saturated rings. The number of carbonyl (C=O) groups is 1. The predicted molar refractivity (Wildman–Crippen MR) is 115 cm³/mol. The van der Waals surface area contributed by atoms with Gasteiger partial charge in [-0.15, -0.1) is 0 Å². The lowest BCUT2D eigenvalue weighted by Crippen LogP contribution is -2.48. The lowest BCUT2D eigenvalue weighted by atomic mass is 9.89. The summed E-state index contributed by atoms with van der Waals surface area (Å²) in [6.45, 7) is -1.42. The largest absolute Gasteiger partial charge is 0.423 e. The van der Waals surface area contributed by atoms with Crippen molar-refractivity contribution >= 4 is 23.2 Å². The zero-order valence-electron chi connectivity index (χ0n) is 18.8. The first-order chi connectivity index (χ1) is 16.9. The number of ether oxygens (including phenoxy) is 1. The van der Waals surface area contributed by atoms with Crippen molar-refractivity contribution in [1.29, 1.82) is 0 Å². The van der Waals surface area contributed by atoms with Crippen LogP contribution in [0.15, 0.2) is 36.4 Å². The van der Waals surface area contributed by atoms with E-state index in [0.717, 1.165) is 6.07 Å². The number of methoxy groups -OCH3 is 1. The molecule has 2 aromatic carbocycles. The molecule has 5 nitrogen and oxygen atoms in total. The average molecular weight is 567 g/mol. The fourth-order valence-corrected chi connectivity index (χ4v) is 3.31. The van der Waals surface area contributed by atoms with Gasteiger partial charge in [0.1, 0.15) is 0 Å². The molecule has 206 valence electrons. The summed E-state index contributed by atoms with van der Waals surface area (Å²) >= 11 is 6.07. The summed E-state index contributed by atoms with van der Waals surface area (Å²) in [5.41, 5.74) is -9.60. The third kappa shape index (κ3) is 7.89. The maximum absolute atomic E-state index is 13.8. The molecule has 0 aliphatic carbocycles. The number of anilines is 1. The minimum atomic E-state index is -5.68. The van der Waals surface area contributed by atoms with Gasteiger partial charge in [-0.2, -0.15) is 39.5 Å². The fourth-order valence-electron chi connectivity index (χ4n) is 3.07. The van der Waals surface area contributed by atoms with Gasteiger partial charge in [0, 0.05) is 30.8 Å². The Labute approximate surface area is 209 Å². The second kappa shape index (κ2) is 11.4. The van der Waals surface area contributed by atoms with E-state index in [-0.39, 0.29) is 54.4 Å². The quantitative estimate of drug-likeness (QED) is 0.331. The lowest BCUT2D eigenvalue weighted by Gasteiger charge is -2.32. The summed E-state index contributed by atoms with van der Waals surface area (Å²) in [5.74, 6) is -0.366. The smallest absolute Gasteiger partial charge is 0.384 e. The van der Waals surface area contributed by atoms with Crippen LogP contribution in [0.3, 0.4) is 0 Å². The van der Waals surface area contributed by atoms with E-state index in [4.69, 9.17) is 16.3 Å². The molecular formula is C22H20ClF9N2O3. The molecule has 0 heterocycles. The Kier molecular flexibility index (Phi) is 9.36. The molecule has 0 radical (unpaired) electrons. The van der Waals surface area contributed by atoms with Gasteiger partial charge in [0.2, 0.25) is 11.5 Å². The van der Waals surface area contributed by atoms with Crippen molar-refractivity contribution in [3.63, 3.8) is 0 Å². The van der Waals surface area contributed by atoms with E-state index in [1.807, 2.05) is 0 Å². The molecule has 3 N–H and O–H groups in total. The Morgan fingerprint density at radius 2 is 1.46 bits per heavy atom. The van der Waals surface area contributed by atoms with Gasteiger partial charge in [-0.3, -0.25) is 4.79 Å². The monoisotopic (exact) mass is 566 g/mol. The fraction of sp³-hybridized carbons (Fsp3) is 0.409. The normalized spacial score (nSPS) is 14.3. The molecule has 2 rings (SSSR count). The number of hydrogen-bond acceptors (Lipinski definition) is 4. The molecule has 0 spiro atoms. The third-order valence-corrected chi connectivity index (χ3v) is 5.50.